The number of rotatable bonds is 10. The van der Waals surface area contributed by atoms with Gasteiger partial charge in [0.1, 0.15) is 29.9 Å². The molecule has 6 rings (SSSR count). The Hall–Kier alpha value is -3.33. The zero-order valence-corrected chi connectivity index (χ0v) is 24.5. The molecule has 9 heteroatoms. The highest BCUT2D eigenvalue weighted by atomic mass is 19.1. The summed E-state index contributed by atoms with van der Waals surface area (Å²) in [6.45, 7) is 3.90. The zero-order chi connectivity index (χ0) is 29.1. The van der Waals surface area contributed by atoms with E-state index in [1.165, 1.54) is 93.3 Å². The van der Waals surface area contributed by atoms with Crippen molar-refractivity contribution in [3.63, 3.8) is 0 Å². The van der Waals surface area contributed by atoms with Crippen LogP contribution in [0.1, 0.15) is 82.7 Å². The smallest absolute Gasteiger partial charge is 0.137 e. The van der Waals surface area contributed by atoms with Crippen LogP contribution in [0.4, 0.5) is 14.5 Å². The number of nitrogens with zero attached hydrogens (tertiary/aromatic N) is 6. The van der Waals surface area contributed by atoms with Gasteiger partial charge in [0.25, 0.3) is 0 Å². The van der Waals surface area contributed by atoms with Crippen LogP contribution in [0.3, 0.4) is 0 Å². The van der Waals surface area contributed by atoms with E-state index in [1.54, 1.807) is 11.6 Å². The van der Waals surface area contributed by atoms with Crippen molar-refractivity contribution in [2.24, 2.45) is 11.8 Å². The Morgan fingerprint density at radius 3 is 2.26 bits per heavy atom. The summed E-state index contributed by atoms with van der Waals surface area (Å²) in [7, 11) is 0. The van der Waals surface area contributed by atoms with Crippen molar-refractivity contribution in [3.05, 3.63) is 72.4 Å². The van der Waals surface area contributed by atoms with Gasteiger partial charge in [0, 0.05) is 42.0 Å². The van der Waals surface area contributed by atoms with Crippen LogP contribution in [0.25, 0.3) is 10.9 Å². The lowest BCUT2D eigenvalue weighted by molar-refractivity contribution is -0.0366. The van der Waals surface area contributed by atoms with Gasteiger partial charge >= 0.3 is 0 Å². The van der Waals surface area contributed by atoms with Crippen LogP contribution < -0.4 is 4.90 Å². The third-order valence-electron chi connectivity index (χ3n) is 9.63. The second kappa shape index (κ2) is 12.5. The lowest BCUT2D eigenvalue weighted by Gasteiger charge is -2.35. The highest BCUT2D eigenvalue weighted by Crippen LogP contribution is 2.38. The van der Waals surface area contributed by atoms with Gasteiger partial charge in [-0.2, -0.15) is 10.2 Å². The monoisotopic (exact) mass is 576 g/mol. The van der Waals surface area contributed by atoms with Crippen LogP contribution in [0, 0.1) is 23.5 Å². The molecule has 2 aromatic heterocycles. The molecule has 0 amide bonds. The number of hydrogen-bond donors (Lipinski definition) is 1. The van der Waals surface area contributed by atoms with E-state index in [4.69, 9.17) is 5.10 Å². The standard InChI is InChI=1S/C33H42F2N6O/c1-24(33(42,21-40-23-36-22-37-40)30-14-12-28(34)17-31(30)35)41-20-27-16-29(13-15-32(27)38-41)39(18-25-8-4-2-5-9-25)19-26-10-6-3-7-11-26/h12-17,20,22-26,42H,2-11,18-19,21H2,1H3/t24-,33-/m1/s1. The Kier molecular flexibility index (Phi) is 8.56. The van der Waals surface area contributed by atoms with Crippen molar-refractivity contribution in [2.75, 3.05) is 18.0 Å². The molecule has 2 aliphatic rings. The van der Waals surface area contributed by atoms with E-state index in [0.29, 0.717) is 0 Å². The number of hydrogen-bond acceptors (Lipinski definition) is 5. The number of anilines is 1. The Morgan fingerprint density at radius 2 is 1.64 bits per heavy atom. The topological polar surface area (TPSA) is 72.0 Å². The van der Waals surface area contributed by atoms with Crippen LogP contribution in [0.5, 0.6) is 0 Å². The van der Waals surface area contributed by atoms with Crippen molar-refractivity contribution in [2.45, 2.75) is 89.3 Å². The molecule has 1 N–H and O–H groups in total. The second-order valence-corrected chi connectivity index (χ2v) is 12.6. The van der Waals surface area contributed by atoms with E-state index in [0.717, 1.165) is 48.0 Å². The quantitative estimate of drug-likeness (QED) is 0.220. The minimum Gasteiger partial charge on any atom is -0.381 e. The first-order valence-corrected chi connectivity index (χ1v) is 15.6. The van der Waals surface area contributed by atoms with Gasteiger partial charge in [0.05, 0.1) is 18.1 Å². The van der Waals surface area contributed by atoms with Crippen LogP contribution in [0.15, 0.2) is 55.2 Å². The van der Waals surface area contributed by atoms with E-state index < -0.39 is 23.3 Å². The van der Waals surface area contributed by atoms with E-state index in [9.17, 15) is 9.50 Å². The van der Waals surface area contributed by atoms with Crippen molar-refractivity contribution < 1.29 is 13.9 Å². The summed E-state index contributed by atoms with van der Waals surface area (Å²) in [6.07, 6.45) is 18.0. The summed E-state index contributed by atoms with van der Waals surface area (Å²) in [6, 6.07) is 9.01. The van der Waals surface area contributed by atoms with Gasteiger partial charge < -0.3 is 10.0 Å². The third-order valence-corrected chi connectivity index (χ3v) is 9.63. The molecule has 224 valence electrons. The molecule has 0 radical (unpaired) electrons. The van der Waals surface area contributed by atoms with Crippen LogP contribution in [-0.4, -0.2) is 42.7 Å². The van der Waals surface area contributed by atoms with Gasteiger partial charge in [-0.05, 0) is 68.7 Å². The maximum atomic E-state index is 15.1. The second-order valence-electron chi connectivity index (χ2n) is 12.6. The Morgan fingerprint density at radius 1 is 0.952 bits per heavy atom. The Bertz CT molecular complexity index is 1440. The zero-order valence-electron chi connectivity index (χ0n) is 24.5. The van der Waals surface area contributed by atoms with Gasteiger partial charge in [-0.15, -0.1) is 0 Å². The van der Waals surface area contributed by atoms with E-state index in [2.05, 4.69) is 33.2 Å². The van der Waals surface area contributed by atoms with Gasteiger partial charge in [0.2, 0.25) is 0 Å². The molecule has 0 unspecified atom stereocenters. The molecular weight excluding hydrogens is 534 g/mol. The average Bonchev–Trinajstić information content (AvgIpc) is 3.67. The van der Waals surface area contributed by atoms with Gasteiger partial charge in [0.15, 0.2) is 0 Å². The van der Waals surface area contributed by atoms with Crippen molar-refractivity contribution in [1.82, 2.24) is 24.5 Å². The first-order valence-electron chi connectivity index (χ1n) is 15.6. The van der Waals surface area contributed by atoms with Crippen LogP contribution >= 0.6 is 0 Å². The number of halogens is 2. The molecule has 4 aromatic rings. The van der Waals surface area contributed by atoms with Crippen molar-refractivity contribution >= 4 is 16.6 Å². The first-order chi connectivity index (χ1) is 20.4. The molecule has 2 atom stereocenters. The minimum atomic E-state index is -1.77. The molecule has 2 aliphatic carbocycles. The molecule has 7 nitrogen and oxygen atoms in total. The van der Waals surface area contributed by atoms with Gasteiger partial charge in [-0.25, -0.2) is 18.4 Å². The molecule has 0 aliphatic heterocycles. The maximum absolute atomic E-state index is 15.1. The maximum Gasteiger partial charge on any atom is 0.137 e. The summed E-state index contributed by atoms with van der Waals surface area (Å²) >= 11 is 0. The van der Waals surface area contributed by atoms with E-state index in [1.807, 2.05) is 6.20 Å². The fraction of sp³-hybridized carbons (Fsp3) is 0.545. The van der Waals surface area contributed by atoms with Crippen molar-refractivity contribution in [3.8, 4) is 0 Å². The average molecular weight is 577 g/mol. The Labute approximate surface area is 246 Å². The fourth-order valence-corrected chi connectivity index (χ4v) is 7.14. The molecular formula is C33H42F2N6O. The predicted molar refractivity (Wildman–Crippen MR) is 160 cm³/mol. The largest absolute Gasteiger partial charge is 0.381 e. The summed E-state index contributed by atoms with van der Waals surface area (Å²) in [5, 5.41) is 22.0. The molecule has 0 saturated heterocycles. The normalized spacial score (nSPS) is 19.1. The number of fused-ring (bicyclic) bond motifs is 1. The van der Waals surface area contributed by atoms with Crippen molar-refractivity contribution in [1.29, 1.82) is 0 Å². The SMILES string of the molecule is C[C@@H](n1cc2cc(N(CC3CCCCC3)CC3CCCCC3)ccc2n1)[C@](O)(Cn1cncn1)c1ccc(F)cc1F. The number of aliphatic hydroxyl groups is 1. The summed E-state index contributed by atoms with van der Waals surface area (Å²) in [4.78, 5) is 6.59. The lowest BCUT2D eigenvalue weighted by atomic mass is 9.86. The lowest BCUT2D eigenvalue weighted by Crippen LogP contribution is -2.40. The molecule has 0 bridgehead atoms. The highest BCUT2D eigenvalue weighted by molar-refractivity contribution is 5.82. The highest BCUT2D eigenvalue weighted by Gasteiger charge is 2.41. The first kappa shape index (κ1) is 28.8. The van der Waals surface area contributed by atoms with E-state index >= 15 is 4.39 Å². The number of aromatic nitrogens is 5. The molecule has 2 saturated carbocycles. The van der Waals surface area contributed by atoms with Crippen LogP contribution in [0.2, 0.25) is 0 Å². The molecule has 0 spiro atoms. The third kappa shape index (κ3) is 6.21. The molecule has 2 aromatic carbocycles. The summed E-state index contributed by atoms with van der Waals surface area (Å²) in [5.74, 6) is -0.0451. The van der Waals surface area contributed by atoms with Crippen LogP contribution in [-0.2, 0) is 12.1 Å². The fourth-order valence-electron chi connectivity index (χ4n) is 7.14. The molecule has 2 heterocycles. The predicted octanol–water partition coefficient (Wildman–Crippen LogP) is 7.02. The molecule has 2 fully saturated rings. The summed E-state index contributed by atoms with van der Waals surface area (Å²) < 4.78 is 32.1. The Balaban J connectivity index is 1.31. The van der Waals surface area contributed by atoms with E-state index in [-0.39, 0.29) is 12.1 Å². The minimum absolute atomic E-state index is 0.0155. The summed E-state index contributed by atoms with van der Waals surface area (Å²) in [5.41, 5.74) is 0.236. The number of benzene rings is 2. The van der Waals surface area contributed by atoms with Gasteiger partial charge in [-0.3, -0.25) is 4.68 Å². The molecule has 42 heavy (non-hydrogen) atoms. The van der Waals surface area contributed by atoms with Gasteiger partial charge in [-0.1, -0.05) is 44.6 Å².